The molecular weight excluding hydrogens is 570 g/mol. The highest BCUT2D eigenvalue weighted by Crippen LogP contribution is 2.16. The summed E-state index contributed by atoms with van der Waals surface area (Å²) in [4.78, 5) is 12.4. The van der Waals surface area contributed by atoms with Crippen LogP contribution in [0.4, 0.5) is 0 Å². The number of aliphatic hydroxyl groups excluding tert-OH is 3. The van der Waals surface area contributed by atoms with Gasteiger partial charge >= 0.3 is 0 Å². The van der Waals surface area contributed by atoms with Gasteiger partial charge in [0.05, 0.1) is 18.8 Å². The van der Waals surface area contributed by atoms with E-state index in [1.165, 1.54) is 148 Å². The summed E-state index contributed by atoms with van der Waals surface area (Å²) in [5, 5.41) is 32.9. The number of allylic oxidation sites excluding steroid dienone is 3. The third-order valence-electron chi connectivity index (χ3n) is 9.29. The van der Waals surface area contributed by atoms with E-state index in [0.717, 1.165) is 38.5 Å². The zero-order valence-corrected chi connectivity index (χ0v) is 30.7. The summed E-state index contributed by atoms with van der Waals surface area (Å²) in [7, 11) is 0. The Hall–Kier alpha value is -1.17. The van der Waals surface area contributed by atoms with Gasteiger partial charge in [-0.2, -0.15) is 0 Å². The van der Waals surface area contributed by atoms with E-state index in [9.17, 15) is 20.1 Å². The molecular formula is C41H79NO4. The van der Waals surface area contributed by atoms with Crippen molar-refractivity contribution in [1.82, 2.24) is 5.32 Å². The fourth-order valence-corrected chi connectivity index (χ4v) is 6.08. The number of amides is 1. The van der Waals surface area contributed by atoms with Crippen LogP contribution >= 0.6 is 0 Å². The smallest absolute Gasteiger partial charge is 0.249 e. The van der Waals surface area contributed by atoms with Gasteiger partial charge in [0.15, 0.2) is 0 Å². The van der Waals surface area contributed by atoms with Crippen LogP contribution in [0.1, 0.15) is 206 Å². The summed E-state index contributed by atoms with van der Waals surface area (Å²) in [6.45, 7) is 4.13. The summed E-state index contributed by atoms with van der Waals surface area (Å²) in [6.07, 6.45) is 43.6. The number of carbonyl (C=O) groups is 1. The van der Waals surface area contributed by atoms with E-state index in [0.29, 0.717) is 6.42 Å². The van der Waals surface area contributed by atoms with Gasteiger partial charge in [0.2, 0.25) is 5.91 Å². The summed E-state index contributed by atoms with van der Waals surface area (Å²) in [5.74, 6) is -0.513. The quantitative estimate of drug-likeness (QED) is 0.0401. The maximum absolute atomic E-state index is 12.4. The van der Waals surface area contributed by atoms with E-state index in [2.05, 4.69) is 31.3 Å². The van der Waals surface area contributed by atoms with E-state index in [-0.39, 0.29) is 6.61 Å². The van der Waals surface area contributed by atoms with Gasteiger partial charge in [0, 0.05) is 0 Å². The largest absolute Gasteiger partial charge is 0.394 e. The molecule has 0 bridgehead atoms. The topological polar surface area (TPSA) is 89.8 Å². The lowest BCUT2D eigenvalue weighted by atomic mass is 10.0. The van der Waals surface area contributed by atoms with Crippen LogP contribution in [0.15, 0.2) is 24.3 Å². The summed E-state index contributed by atoms with van der Waals surface area (Å²) in [6, 6.07) is -0.808. The van der Waals surface area contributed by atoms with Crippen molar-refractivity contribution in [2.75, 3.05) is 6.61 Å². The third kappa shape index (κ3) is 31.4. The molecule has 0 heterocycles. The van der Waals surface area contributed by atoms with Gasteiger partial charge < -0.3 is 20.6 Å². The van der Waals surface area contributed by atoms with Crippen LogP contribution < -0.4 is 5.32 Å². The molecule has 272 valence electrons. The van der Waals surface area contributed by atoms with Crippen LogP contribution in [0.3, 0.4) is 0 Å². The molecule has 0 aliphatic heterocycles. The number of aliphatic hydroxyl groups is 3. The highest BCUT2D eigenvalue weighted by Gasteiger charge is 2.22. The minimum Gasteiger partial charge on any atom is -0.394 e. The average Bonchev–Trinajstić information content (AvgIpc) is 3.06. The predicted molar refractivity (Wildman–Crippen MR) is 199 cm³/mol. The van der Waals surface area contributed by atoms with Gasteiger partial charge in [-0.05, 0) is 32.1 Å². The molecule has 0 aromatic heterocycles. The second-order valence-corrected chi connectivity index (χ2v) is 13.8. The minimum atomic E-state index is -1.10. The predicted octanol–water partition coefficient (Wildman–Crippen LogP) is 11.0. The molecule has 0 aromatic rings. The van der Waals surface area contributed by atoms with Crippen molar-refractivity contribution in [3.8, 4) is 0 Å². The van der Waals surface area contributed by atoms with E-state index in [1.807, 2.05) is 6.08 Å². The molecule has 0 spiro atoms. The zero-order valence-electron chi connectivity index (χ0n) is 30.7. The molecule has 0 radical (unpaired) electrons. The number of unbranched alkanes of at least 4 members (excludes halogenated alkanes) is 26. The first-order valence-corrected chi connectivity index (χ1v) is 20.2. The molecule has 0 saturated carbocycles. The van der Waals surface area contributed by atoms with Crippen LogP contribution in [-0.4, -0.2) is 46.1 Å². The number of nitrogens with one attached hydrogen (secondary N) is 1. The zero-order chi connectivity index (χ0) is 33.8. The normalized spacial score (nSPS) is 13.9. The van der Waals surface area contributed by atoms with Gasteiger partial charge in [0.1, 0.15) is 6.10 Å². The SMILES string of the molecule is CCCCCC/C=C/CC/C=C/C(O)C(CO)NC(=O)C(O)CCCCCCCCCCCCCCCCCCCCCCCC. The fraction of sp³-hybridized carbons (Fsp3) is 0.878. The minimum absolute atomic E-state index is 0.374. The number of hydrogen-bond donors (Lipinski definition) is 4. The highest BCUT2D eigenvalue weighted by atomic mass is 16.3. The summed E-state index contributed by atoms with van der Waals surface area (Å²) in [5.41, 5.74) is 0. The molecule has 3 atom stereocenters. The van der Waals surface area contributed by atoms with Gasteiger partial charge in [-0.25, -0.2) is 0 Å². The lowest BCUT2D eigenvalue weighted by molar-refractivity contribution is -0.131. The van der Waals surface area contributed by atoms with Crippen LogP contribution in [0.2, 0.25) is 0 Å². The standard InChI is InChI=1S/C41H79NO4/c1-3-5-7-9-11-13-15-16-17-18-19-20-21-22-23-24-25-26-28-30-32-34-36-40(45)41(46)42-38(37-43)39(44)35-33-31-29-27-14-12-10-8-6-4-2/h14,27,33,35,38-40,43-45H,3-13,15-26,28-32,34,36-37H2,1-2H3,(H,42,46)/b27-14+,35-33+. The van der Waals surface area contributed by atoms with E-state index in [4.69, 9.17) is 0 Å². The first kappa shape index (κ1) is 44.8. The maximum atomic E-state index is 12.4. The Morgan fingerprint density at radius 1 is 0.522 bits per heavy atom. The molecule has 1 amide bonds. The van der Waals surface area contributed by atoms with Crippen molar-refractivity contribution in [1.29, 1.82) is 0 Å². The number of carbonyl (C=O) groups excluding carboxylic acids is 1. The Morgan fingerprint density at radius 3 is 1.33 bits per heavy atom. The Labute approximate surface area is 286 Å². The first-order valence-electron chi connectivity index (χ1n) is 20.2. The Bertz CT molecular complexity index is 679. The molecule has 0 aliphatic rings. The van der Waals surface area contributed by atoms with Crippen LogP contribution in [-0.2, 0) is 4.79 Å². The first-order chi connectivity index (χ1) is 22.6. The highest BCUT2D eigenvalue weighted by molar-refractivity contribution is 5.80. The third-order valence-corrected chi connectivity index (χ3v) is 9.29. The molecule has 3 unspecified atom stereocenters. The van der Waals surface area contributed by atoms with Crippen molar-refractivity contribution in [3.05, 3.63) is 24.3 Å². The van der Waals surface area contributed by atoms with Crippen LogP contribution in [0, 0.1) is 0 Å². The van der Waals surface area contributed by atoms with Crippen LogP contribution in [0.25, 0.3) is 0 Å². The molecule has 0 saturated heterocycles. The molecule has 4 N–H and O–H groups in total. The molecule has 5 nitrogen and oxygen atoms in total. The van der Waals surface area contributed by atoms with Crippen molar-refractivity contribution in [3.63, 3.8) is 0 Å². The van der Waals surface area contributed by atoms with Crippen molar-refractivity contribution in [2.24, 2.45) is 0 Å². The fourth-order valence-electron chi connectivity index (χ4n) is 6.08. The Balaban J connectivity index is 3.62. The van der Waals surface area contributed by atoms with Gasteiger partial charge in [0.25, 0.3) is 0 Å². The average molecular weight is 650 g/mol. The van der Waals surface area contributed by atoms with Crippen molar-refractivity contribution in [2.45, 2.75) is 225 Å². The monoisotopic (exact) mass is 650 g/mol. The molecule has 0 aliphatic carbocycles. The molecule has 46 heavy (non-hydrogen) atoms. The summed E-state index contributed by atoms with van der Waals surface area (Å²) < 4.78 is 0. The second kappa shape index (κ2) is 36.7. The van der Waals surface area contributed by atoms with E-state index < -0.39 is 24.2 Å². The second-order valence-electron chi connectivity index (χ2n) is 13.8. The lowest BCUT2D eigenvalue weighted by Gasteiger charge is -2.21. The van der Waals surface area contributed by atoms with E-state index >= 15 is 0 Å². The molecule has 5 heteroatoms. The van der Waals surface area contributed by atoms with Gasteiger partial charge in [-0.3, -0.25) is 4.79 Å². The van der Waals surface area contributed by atoms with Gasteiger partial charge in [-0.1, -0.05) is 199 Å². The Morgan fingerprint density at radius 2 is 0.891 bits per heavy atom. The summed E-state index contributed by atoms with van der Waals surface area (Å²) >= 11 is 0. The van der Waals surface area contributed by atoms with Crippen molar-refractivity contribution < 1.29 is 20.1 Å². The van der Waals surface area contributed by atoms with Gasteiger partial charge in [-0.15, -0.1) is 0 Å². The van der Waals surface area contributed by atoms with E-state index in [1.54, 1.807) is 6.08 Å². The maximum Gasteiger partial charge on any atom is 0.249 e. The Kier molecular flexibility index (Phi) is 35.7. The molecule has 0 fully saturated rings. The van der Waals surface area contributed by atoms with Crippen molar-refractivity contribution >= 4 is 5.91 Å². The lowest BCUT2D eigenvalue weighted by Crippen LogP contribution is -2.48. The number of rotatable bonds is 36. The number of hydrogen-bond acceptors (Lipinski definition) is 4. The molecule has 0 rings (SSSR count). The van der Waals surface area contributed by atoms with Crippen LogP contribution in [0.5, 0.6) is 0 Å². The molecule has 0 aromatic carbocycles.